The molecular formula is C22H21N3O2S2. The number of aromatic nitrogens is 2. The smallest absolute Gasteiger partial charge is 0.247 e. The lowest BCUT2D eigenvalue weighted by Gasteiger charge is -2.21. The van der Waals surface area contributed by atoms with E-state index in [9.17, 15) is 4.79 Å². The standard InChI is InChI=1S/C22H21N3O2S2/c1-16-6-8-17(9-7-16)22-24-23-20(27-22)10-11-21(26)25(14-18-4-2-12-28-18)15-19-5-3-13-29-19/h2-9,12-13H,10-11,14-15H2,1H3. The lowest BCUT2D eigenvalue weighted by atomic mass is 10.1. The fourth-order valence-electron chi connectivity index (χ4n) is 2.95. The van der Waals surface area contributed by atoms with Crippen molar-refractivity contribution in [2.24, 2.45) is 0 Å². The molecule has 1 amide bonds. The number of carbonyl (C=O) groups is 1. The predicted molar refractivity (Wildman–Crippen MR) is 116 cm³/mol. The monoisotopic (exact) mass is 423 g/mol. The van der Waals surface area contributed by atoms with Crippen LogP contribution in [0.3, 0.4) is 0 Å². The Morgan fingerprint density at radius 1 is 0.966 bits per heavy atom. The van der Waals surface area contributed by atoms with Gasteiger partial charge in [-0.3, -0.25) is 4.79 Å². The first-order valence-electron chi connectivity index (χ1n) is 9.39. The summed E-state index contributed by atoms with van der Waals surface area (Å²) in [6.45, 7) is 3.27. The van der Waals surface area contributed by atoms with Gasteiger partial charge >= 0.3 is 0 Å². The number of benzene rings is 1. The highest BCUT2D eigenvalue weighted by Gasteiger charge is 2.17. The van der Waals surface area contributed by atoms with Gasteiger partial charge in [-0.2, -0.15) is 0 Å². The van der Waals surface area contributed by atoms with E-state index in [1.54, 1.807) is 22.7 Å². The molecule has 0 saturated carbocycles. The van der Waals surface area contributed by atoms with Gasteiger partial charge in [0.15, 0.2) is 0 Å². The molecule has 1 aromatic carbocycles. The highest BCUT2D eigenvalue weighted by molar-refractivity contribution is 7.10. The largest absolute Gasteiger partial charge is 0.421 e. The van der Waals surface area contributed by atoms with Gasteiger partial charge in [0.1, 0.15) is 0 Å². The highest BCUT2D eigenvalue weighted by atomic mass is 32.1. The van der Waals surface area contributed by atoms with Crippen LogP contribution in [-0.2, 0) is 24.3 Å². The third-order valence-electron chi connectivity index (χ3n) is 4.52. The molecule has 0 N–H and O–H groups in total. The van der Waals surface area contributed by atoms with E-state index in [-0.39, 0.29) is 5.91 Å². The molecule has 0 aliphatic heterocycles. The number of aryl methyl sites for hydroxylation is 2. The normalized spacial score (nSPS) is 10.9. The summed E-state index contributed by atoms with van der Waals surface area (Å²) in [6, 6.07) is 16.1. The van der Waals surface area contributed by atoms with Crippen molar-refractivity contribution in [3.05, 3.63) is 80.5 Å². The number of amides is 1. The van der Waals surface area contributed by atoms with E-state index < -0.39 is 0 Å². The molecule has 0 aliphatic carbocycles. The summed E-state index contributed by atoms with van der Waals surface area (Å²) in [6.07, 6.45) is 0.773. The summed E-state index contributed by atoms with van der Waals surface area (Å²) in [5, 5.41) is 12.3. The molecule has 0 saturated heterocycles. The van der Waals surface area contributed by atoms with E-state index in [2.05, 4.69) is 22.3 Å². The molecule has 4 rings (SSSR count). The van der Waals surface area contributed by atoms with Gasteiger partial charge in [0, 0.05) is 28.2 Å². The lowest BCUT2D eigenvalue weighted by Crippen LogP contribution is -2.29. The number of thiophene rings is 2. The Hall–Kier alpha value is -2.77. The average Bonchev–Trinajstić information content (AvgIpc) is 3.49. The summed E-state index contributed by atoms with van der Waals surface area (Å²) >= 11 is 3.33. The van der Waals surface area contributed by atoms with Crippen molar-refractivity contribution in [3.63, 3.8) is 0 Å². The van der Waals surface area contributed by atoms with Gasteiger partial charge in [0.05, 0.1) is 13.1 Å². The van der Waals surface area contributed by atoms with Crippen LogP contribution in [0.4, 0.5) is 0 Å². The van der Waals surface area contributed by atoms with Gasteiger partial charge in [-0.05, 0) is 41.9 Å². The number of carbonyl (C=O) groups excluding carboxylic acids is 1. The Labute approximate surface area is 177 Å². The zero-order chi connectivity index (χ0) is 20.1. The van der Waals surface area contributed by atoms with Crippen LogP contribution in [0.15, 0.2) is 63.7 Å². The molecule has 0 aliphatic rings. The Morgan fingerprint density at radius 2 is 1.62 bits per heavy atom. The lowest BCUT2D eigenvalue weighted by molar-refractivity contribution is -0.132. The Bertz CT molecular complexity index is 1000. The van der Waals surface area contributed by atoms with Crippen molar-refractivity contribution in [1.29, 1.82) is 0 Å². The van der Waals surface area contributed by atoms with Crippen molar-refractivity contribution in [2.75, 3.05) is 0 Å². The van der Waals surface area contributed by atoms with Gasteiger partial charge in [-0.25, -0.2) is 0 Å². The summed E-state index contributed by atoms with van der Waals surface area (Å²) in [5.41, 5.74) is 2.06. The fourth-order valence-corrected chi connectivity index (χ4v) is 4.39. The third kappa shape index (κ3) is 5.19. The first kappa shape index (κ1) is 19.5. The van der Waals surface area contributed by atoms with Crippen LogP contribution in [-0.4, -0.2) is 21.0 Å². The minimum atomic E-state index is 0.0851. The maximum Gasteiger partial charge on any atom is 0.247 e. The number of nitrogens with zero attached hydrogens (tertiary/aromatic N) is 3. The second-order valence-corrected chi connectivity index (χ2v) is 8.84. The van der Waals surface area contributed by atoms with E-state index in [1.807, 2.05) is 59.0 Å². The Morgan fingerprint density at radius 3 is 2.21 bits per heavy atom. The summed E-state index contributed by atoms with van der Waals surface area (Å²) < 4.78 is 5.76. The molecule has 0 bridgehead atoms. The van der Waals surface area contributed by atoms with E-state index in [4.69, 9.17) is 4.42 Å². The van der Waals surface area contributed by atoms with Crippen LogP contribution < -0.4 is 0 Å². The average molecular weight is 424 g/mol. The van der Waals surface area contributed by atoms with Crippen LogP contribution in [0.1, 0.15) is 27.6 Å². The predicted octanol–water partition coefficient (Wildman–Crippen LogP) is 5.33. The van der Waals surface area contributed by atoms with Gasteiger partial charge in [0.25, 0.3) is 0 Å². The van der Waals surface area contributed by atoms with Crippen LogP contribution in [0.2, 0.25) is 0 Å². The number of rotatable bonds is 8. The molecule has 4 aromatic rings. The number of hydrogen-bond acceptors (Lipinski definition) is 6. The van der Waals surface area contributed by atoms with Crippen LogP contribution in [0.5, 0.6) is 0 Å². The quantitative estimate of drug-likeness (QED) is 0.384. The molecule has 0 unspecified atom stereocenters. The van der Waals surface area contributed by atoms with Crippen molar-refractivity contribution >= 4 is 28.6 Å². The number of hydrogen-bond donors (Lipinski definition) is 0. The molecule has 3 aromatic heterocycles. The highest BCUT2D eigenvalue weighted by Crippen LogP contribution is 2.21. The molecule has 148 valence electrons. The molecular weight excluding hydrogens is 402 g/mol. The second-order valence-electron chi connectivity index (χ2n) is 6.78. The zero-order valence-corrected chi connectivity index (χ0v) is 17.7. The van der Waals surface area contributed by atoms with E-state index in [0.29, 0.717) is 37.7 Å². The first-order valence-corrected chi connectivity index (χ1v) is 11.2. The molecule has 3 heterocycles. The zero-order valence-electron chi connectivity index (χ0n) is 16.1. The third-order valence-corrected chi connectivity index (χ3v) is 6.25. The van der Waals surface area contributed by atoms with E-state index >= 15 is 0 Å². The van der Waals surface area contributed by atoms with Gasteiger partial charge in [-0.15, -0.1) is 32.9 Å². The SMILES string of the molecule is Cc1ccc(-c2nnc(CCC(=O)N(Cc3cccs3)Cc3cccs3)o2)cc1. The Kier molecular flexibility index (Phi) is 6.17. The molecule has 5 nitrogen and oxygen atoms in total. The maximum absolute atomic E-state index is 12.9. The van der Waals surface area contributed by atoms with Crippen LogP contribution in [0.25, 0.3) is 11.5 Å². The topological polar surface area (TPSA) is 59.2 Å². The molecule has 29 heavy (non-hydrogen) atoms. The molecule has 0 atom stereocenters. The minimum Gasteiger partial charge on any atom is -0.421 e. The van der Waals surface area contributed by atoms with Gasteiger partial charge in [0.2, 0.25) is 17.7 Å². The summed E-state index contributed by atoms with van der Waals surface area (Å²) in [7, 11) is 0. The fraction of sp³-hybridized carbons (Fsp3) is 0.227. The molecule has 7 heteroatoms. The second kappa shape index (κ2) is 9.15. The van der Waals surface area contributed by atoms with Crippen molar-refractivity contribution in [2.45, 2.75) is 32.9 Å². The maximum atomic E-state index is 12.9. The van der Waals surface area contributed by atoms with Crippen molar-refractivity contribution in [3.8, 4) is 11.5 Å². The minimum absolute atomic E-state index is 0.0851. The summed E-state index contributed by atoms with van der Waals surface area (Å²) in [5.74, 6) is 1.06. The van der Waals surface area contributed by atoms with Crippen LogP contribution in [0, 0.1) is 6.92 Å². The van der Waals surface area contributed by atoms with Crippen LogP contribution >= 0.6 is 22.7 Å². The van der Waals surface area contributed by atoms with E-state index in [1.165, 1.54) is 15.3 Å². The van der Waals surface area contributed by atoms with Crippen molar-refractivity contribution in [1.82, 2.24) is 15.1 Å². The van der Waals surface area contributed by atoms with Gasteiger partial charge in [-0.1, -0.05) is 29.8 Å². The molecule has 0 spiro atoms. The summed E-state index contributed by atoms with van der Waals surface area (Å²) in [4.78, 5) is 17.2. The molecule has 0 radical (unpaired) electrons. The van der Waals surface area contributed by atoms with E-state index in [0.717, 1.165) is 5.56 Å². The van der Waals surface area contributed by atoms with Crippen molar-refractivity contribution < 1.29 is 9.21 Å². The first-order chi connectivity index (χ1) is 14.2. The molecule has 0 fully saturated rings. The Balaban J connectivity index is 1.40. The van der Waals surface area contributed by atoms with Gasteiger partial charge < -0.3 is 9.32 Å².